The molecule has 1 aliphatic rings. The van der Waals surface area contributed by atoms with E-state index in [-0.39, 0.29) is 6.04 Å². The normalized spacial score (nSPS) is 24.1. The molecule has 0 saturated carbocycles. The van der Waals surface area contributed by atoms with Crippen LogP contribution in [0.5, 0.6) is 0 Å². The van der Waals surface area contributed by atoms with Gasteiger partial charge in [-0.1, -0.05) is 11.6 Å². The Bertz CT molecular complexity index is 300. The van der Waals surface area contributed by atoms with Crippen molar-refractivity contribution in [1.82, 2.24) is 15.1 Å². The topological polar surface area (TPSA) is 29.9 Å². The number of hydrogen-bond donors (Lipinski definition) is 1. The van der Waals surface area contributed by atoms with Gasteiger partial charge in [0.15, 0.2) is 6.17 Å². The molecule has 0 spiro atoms. The lowest BCUT2D eigenvalue weighted by Gasteiger charge is -2.16. The summed E-state index contributed by atoms with van der Waals surface area (Å²) in [5, 5.41) is 7.46. The molecule has 1 aromatic rings. The molecule has 1 aromatic heterocycles. The average molecular weight is 218 g/mol. The van der Waals surface area contributed by atoms with Crippen molar-refractivity contribution in [3.8, 4) is 0 Å². The summed E-state index contributed by atoms with van der Waals surface area (Å²) in [6.07, 6.45) is 2.32. The second-order valence-corrected chi connectivity index (χ2v) is 4.01. The molecule has 0 radical (unpaired) electrons. The van der Waals surface area contributed by atoms with Crippen LogP contribution in [-0.4, -0.2) is 22.4 Å². The maximum Gasteiger partial charge on any atom is 0.158 e. The first kappa shape index (κ1) is 9.93. The van der Waals surface area contributed by atoms with E-state index in [1.165, 1.54) is 10.9 Å². The number of nitrogens with one attached hydrogen (secondary N) is 1. The van der Waals surface area contributed by atoms with Gasteiger partial charge in [0.2, 0.25) is 0 Å². The van der Waals surface area contributed by atoms with Gasteiger partial charge in [-0.05, 0) is 19.4 Å². The Balaban J connectivity index is 2.21. The van der Waals surface area contributed by atoms with Crippen LogP contribution in [0.4, 0.5) is 4.39 Å². The second kappa shape index (κ2) is 3.87. The van der Waals surface area contributed by atoms with E-state index in [9.17, 15) is 4.39 Å². The molecule has 2 unspecified atom stereocenters. The van der Waals surface area contributed by atoms with E-state index in [1.54, 1.807) is 7.05 Å². The van der Waals surface area contributed by atoms with Gasteiger partial charge in [0.25, 0.3) is 0 Å². The van der Waals surface area contributed by atoms with E-state index in [0.29, 0.717) is 10.7 Å². The highest BCUT2D eigenvalue weighted by Crippen LogP contribution is 2.30. The molecule has 3 nitrogen and oxygen atoms in total. The molecule has 2 heterocycles. The lowest BCUT2D eigenvalue weighted by molar-refractivity contribution is 0.257. The maximum atomic E-state index is 14.0. The van der Waals surface area contributed by atoms with Crippen molar-refractivity contribution in [3.63, 3.8) is 0 Å². The molecular formula is C9H13ClFN3. The van der Waals surface area contributed by atoms with Crippen LogP contribution in [-0.2, 0) is 7.05 Å². The highest BCUT2D eigenvalue weighted by Gasteiger charge is 2.29. The third-order valence-electron chi connectivity index (χ3n) is 2.65. The Morgan fingerprint density at radius 2 is 2.57 bits per heavy atom. The predicted octanol–water partition coefficient (Wildman–Crippen LogP) is 1.84. The van der Waals surface area contributed by atoms with E-state index < -0.39 is 6.17 Å². The minimum atomic E-state index is -1.06. The van der Waals surface area contributed by atoms with Gasteiger partial charge in [0.05, 0.1) is 16.9 Å². The summed E-state index contributed by atoms with van der Waals surface area (Å²) in [5.74, 6) is 0. The smallest absolute Gasteiger partial charge is 0.158 e. The lowest BCUT2D eigenvalue weighted by atomic mass is 10.1. The first-order chi connectivity index (χ1) is 6.70. The molecule has 1 fully saturated rings. The molecule has 2 rings (SSSR count). The Labute approximate surface area is 87.2 Å². The molecule has 0 bridgehead atoms. The van der Waals surface area contributed by atoms with Crippen molar-refractivity contribution in [2.45, 2.75) is 25.1 Å². The zero-order valence-electron chi connectivity index (χ0n) is 8.00. The van der Waals surface area contributed by atoms with Gasteiger partial charge in [-0.25, -0.2) is 4.39 Å². The number of halogens is 2. The monoisotopic (exact) mass is 217 g/mol. The van der Waals surface area contributed by atoms with Crippen molar-refractivity contribution in [3.05, 3.63) is 16.9 Å². The third-order valence-corrected chi connectivity index (χ3v) is 2.94. The van der Waals surface area contributed by atoms with Crippen LogP contribution in [0.25, 0.3) is 0 Å². The van der Waals surface area contributed by atoms with Crippen LogP contribution >= 0.6 is 11.6 Å². The number of aromatic nitrogens is 2. The summed E-state index contributed by atoms with van der Waals surface area (Å²) in [7, 11) is 1.71. The van der Waals surface area contributed by atoms with Crippen molar-refractivity contribution in [2.75, 3.05) is 6.54 Å². The minimum absolute atomic E-state index is 0.108. The quantitative estimate of drug-likeness (QED) is 0.819. The van der Waals surface area contributed by atoms with Gasteiger partial charge in [-0.2, -0.15) is 5.10 Å². The van der Waals surface area contributed by atoms with Gasteiger partial charge in [0, 0.05) is 13.1 Å². The molecule has 1 saturated heterocycles. The fraction of sp³-hybridized carbons (Fsp3) is 0.667. The van der Waals surface area contributed by atoms with E-state index in [0.717, 1.165) is 19.4 Å². The Morgan fingerprint density at radius 3 is 3.07 bits per heavy atom. The summed E-state index contributed by atoms with van der Waals surface area (Å²) in [6.45, 7) is 0.889. The third kappa shape index (κ3) is 1.64. The number of rotatable bonds is 2. The van der Waals surface area contributed by atoms with Gasteiger partial charge in [-0.15, -0.1) is 0 Å². The van der Waals surface area contributed by atoms with Gasteiger partial charge < -0.3 is 5.32 Å². The van der Waals surface area contributed by atoms with Crippen LogP contribution in [0.2, 0.25) is 5.02 Å². The van der Waals surface area contributed by atoms with Gasteiger partial charge >= 0.3 is 0 Å². The molecule has 1 aliphatic heterocycles. The molecule has 0 aromatic carbocycles. The first-order valence-electron chi connectivity index (χ1n) is 4.75. The fourth-order valence-electron chi connectivity index (χ4n) is 1.88. The Kier molecular flexibility index (Phi) is 2.74. The van der Waals surface area contributed by atoms with E-state index in [4.69, 9.17) is 11.6 Å². The molecule has 2 atom stereocenters. The van der Waals surface area contributed by atoms with E-state index in [1.807, 2.05) is 0 Å². The number of hydrogen-bond acceptors (Lipinski definition) is 2. The van der Waals surface area contributed by atoms with Crippen LogP contribution in [0.15, 0.2) is 6.20 Å². The maximum absolute atomic E-state index is 14.0. The highest BCUT2D eigenvalue weighted by atomic mass is 35.5. The molecule has 78 valence electrons. The number of aryl methyl sites for hydroxylation is 1. The molecule has 0 amide bonds. The molecule has 0 aliphatic carbocycles. The average Bonchev–Trinajstić information content (AvgIpc) is 2.75. The van der Waals surface area contributed by atoms with E-state index >= 15 is 0 Å². The minimum Gasteiger partial charge on any atom is -0.311 e. The Hall–Kier alpha value is -0.610. The van der Waals surface area contributed by atoms with Crippen LogP contribution in [0, 0.1) is 0 Å². The van der Waals surface area contributed by atoms with Crippen molar-refractivity contribution < 1.29 is 4.39 Å². The summed E-state index contributed by atoms with van der Waals surface area (Å²) < 4.78 is 15.5. The highest BCUT2D eigenvalue weighted by molar-refractivity contribution is 6.31. The van der Waals surface area contributed by atoms with Crippen molar-refractivity contribution >= 4 is 11.6 Å². The lowest BCUT2D eigenvalue weighted by Crippen LogP contribution is -2.27. The second-order valence-electron chi connectivity index (χ2n) is 3.61. The van der Waals surface area contributed by atoms with Crippen molar-refractivity contribution in [2.24, 2.45) is 7.05 Å². The Morgan fingerprint density at radius 1 is 1.79 bits per heavy atom. The van der Waals surface area contributed by atoms with E-state index in [2.05, 4.69) is 10.4 Å². The zero-order chi connectivity index (χ0) is 10.1. The molecule has 5 heteroatoms. The number of nitrogens with zero attached hydrogens (tertiary/aromatic N) is 2. The van der Waals surface area contributed by atoms with Crippen LogP contribution < -0.4 is 5.32 Å². The standard InChI is InChI=1S/C9H13ClFN3/c1-14-9(6(10)5-13-14)8(11)7-3-2-4-12-7/h5,7-8,12H,2-4H2,1H3. The molecular weight excluding hydrogens is 205 g/mol. The molecule has 1 N–H and O–H groups in total. The van der Waals surface area contributed by atoms with Gasteiger partial charge in [-0.3, -0.25) is 4.68 Å². The summed E-state index contributed by atoms with van der Waals surface area (Å²) >= 11 is 5.87. The summed E-state index contributed by atoms with van der Waals surface area (Å²) in [4.78, 5) is 0. The van der Waals surface area contributed by atoms with Crippen molar-refractivity contribution in [1.29, 1.82) is 0 Å². The van der Waals surface area contributed by atoms with Crippen LogP contribution in [0.1, 0.15) is 24.7 Å². The van der Waals surface area contributed by atoms with Gasteiger partial charge in [0.1, 0.15) is 0 Å². The summed E-state index contributed by atoms with van der Waals surface area (Å²) in [6, 6.07) is -0.108. The van der Waals surface area contributed by atoms with Crippen LogP contribution in [0.3, 0.4) is 0 Å². The zero-order valence-corrected chi connectivity index (χ0v) is 8.76. The summed E-state index contributed by atoms with van der Waals surface area (Å²) in [5.41, 5.74) is 0.478. The fourth-order valence-corrected chi connectivity index (χ4v) is 2.15. The number of alkyl halides is 1. The SMILES string of the molecule is Cn1ncc(Cl)c1C(F)C1CCCN1. The largest absolute Gasteiger partial charge is 0.311 e. The predicted molar refractivity (Wildman–Crippen MR) is 53.1 cm³/mol. The molecule has 14 heavy (non-hydrogen) atoms. The first-order valence-corrected chi connectivity index (χ1v) is 5.13.